The Labute approximate surface area is 117 Å². The lowest BCUT2D eigenvalue weighted by Gasteiger charge is -2.10. The molecule has 4 N–H and O–H groups in total. The first-order valence-electron chi connectivity index (χ1n) is 6.88. The normalized spacial score (nSPS) is 13.2. The van der Waals surface area contributed by atoms with Gasteiger partial charge in [-0.1, -0.05) is 19.9 Å². The fraction of sp³-hybridized carbons (Fsp3) is 0.333. The summed E-state index contributed by atoms with van der Waals surface area (Å²) in [5.74, 6) is 1.41. The number of hydrogen-bond donors (Lipinski definition) is 3. The molecule has 20 heavy (non-hydrogen) atoms. The van der Waals surface area contributed by atoms with Gasteiger partial charge in [-0.25, -0.2) is 4.98 Å². The van der Waals surface area contributed by atoms with Crippen molar-refractivity contribution in [2.75, 3.05) is 0 Å². The van der Waals surface area contributed by atoms with Gasteiger partial charge in [0.05, 0.1) is 23.3 Å². The average molecular weight is 269 g/mol. The summed E-state index contributed by atoms with van der Waals surface area (Å²) < 4.78 is 0. The van der Waals surface area contributed by atoms with Crippen LogP contribution in [0.25, 0.3) is 22.2 Å². The van der Waals surface area contributed by atoms with Crippen molar-refractivity contribution in [3.05, 3.63) is 36.4 Å². The maximum absolute atomic E-state index is 6.18. The fourth-order valence-corrected chi connectivity index (χ4v) is 2.41. The summed E-state index contributed by atoms with van der Waals surface area (Å²) in [6, 6.07) is 6.10. The molecular formula is C15H19N5. The van der Waals surface area contributed by atoms with Crippen LogP contribution < -0.4 is 5.73 Å². The summed E-state index contributed by atoms with van der Waals surface area (Å²) in [4.78, 5) is 7.92. The molecule has 2 aromatic heterocycles. The maximum atomic E-state index is 6.18. The molecule has 0 aliphatic rings. The van der Waals surface area contributed by atoms with Gasteiger partial charge in [0.1, 0.15) is 5.82 Å². The smallest absolute Gasteiger partial charge is 0.124 e. The van der Waals surface area contributed by atoms with Gasteiger partial charge >= 0.3 is 0 Å². The Bertz CT molecular complexity index is 696. The van der Waals surface area contributed by atoms with Crippen LogP contribution in [0.1, 0.15) is 32.1 Å². The lowest BCUT2D eigenvalue weighted by molar-refractivity contribution is 0.496. The number of imidazole rings is 1. The molecule has 0 bridgehead atoms. The van der Waals surface area contributed by atoms with E-state index in [-0.39, 0.29) is 6.04 Å². The average Bonchev–Trinajstić information content (AvgIpc) is 3.06. The zero-order chi connectivity index (χ0) is 14.1. The second-order valence-corrected chi connectivity index (χ2v) is 5.58. The predicted molar refractivity (Wildman–Crippen MR) is 80.1 cm³/mol. The molecule has 0 spiro atoms. The Morgan fingerprint density at radius 2 is 2.10 bits per heavy atom. The minimum Gasteiger partial charge on any atom is -0.341 e. The Hall–Kier alpha value is -2.14. The molecule has 0 radical (unpaired) electrons. The van der Waals surface area contributed by atoms with Crippen LogP contribution in [-0.4, -0.2) is 20.2 Å². The highest BCUT2D eigenvalue weighted by Crippen LogP contribution is 2.24. The number of benzene rings is 1. The van der Waals surface area contributed by atoms with Crippen molar-refractivity contribution >= 4 is 11.0 Å². The number of hydrogen-bond acceptors (Lipinski definition) is 3. The predicted octanol–water partition coefficient (Wildman–Crippen LogP) is 3.00. The molecule has 2 heterocycles. The highest BCUT2D eigenvalue weighted by atomic mass is 15.1. The zero-order valence-electron chi connectivity index (χ0n) is 11.7. The molecule has 0 fully saturated rings. The third-order valence-corrected chi connectivity index (χ3v) is 3.41. The van der Waals surface area contributed by atoms with Crippen LogP contribution >= 0.6 is 0 Å². The summed E-state index contributed by atoms with van der Waals surface area (Å²) in [5, 5.41) is 6.80. The van der Waals surface area contributed by atoms with Crippen molar-refractivity contribution in [3.63, 3.8) is 0 Å². The second kappa shape index (κ2) is 5.09. The molecular weight excluding hydrogens is 250 g/mol. The van der Waals surface area contributed by atoms with E-state index >= 15 is 0 Å². The number of aromatic nitrogens is 4. The molecule has 1 aromatic carbocycles. The molecule has 0 saturated heterocycles. The lowest BCUT2D eigenvalue weighted by Crippen LogP contribution is -2.14. The Balaban J connectivity index is 1.95. The van der Waals surface area contributed by atoms with Gasteiger partial charge in [-0.05, 0) is 30.0 Å². The topological polar surface area (TPSA) is 83.4 Å². The number of rotatable bonds is 4. The minimum absolute atomic E-state index is 0.0419. The van der Waals surface area contributed by atoms with E-state index in [1.54, 1.807) is 0 Å². The van der Waals surface area contributed by atoms with Crippen LogP contribution in [0.15, 0.2) is 30.6 Å². The largest absolute Gasteiger partial charge is 0.341 e. The third-order valence-electron chi connectivity index (χ3n) is 3.41. The van der Waals surface area contributed by atoms with Crippen molar-refractivity contribution in [3.8, 4) is 11.1 Å². The van der Waals surface area contributed by atoms with E-state index in [1.807, 2.05) is 24.5 Å². The number of nitrogens with zero attached hydrogens (tertiary/aromatic N) is 2. The zero-order valence-corrected chi connectivity index (χ0v) is 11.7. The molecule has 104 valence electrons. The summed E-state index contributed by atoms with van der Waals surface area (Å²) in [7, 11) is 0. The highest BCUT2D eigenvalue weighted by molar-refractivity contribution is 5.81. The van der Waals surface area contributed by atoms with Gasteiger partial charge in [0.25, 0.3) is 0 Å². The molecule has 3 rings (SSSR count). The minimum atomic E-state index is -0.0419. The lowest BCUT2D eigenvalue weighted by atomic mass is 10.0. The summed E-state index contributed by atoms with van der Waals surface area (Å²) in [6.07, 6.45) is 4.61. The van der Waals surface area contributed by atoms with Crippen molar-refractivity contribution in [1.82, 2.24) is 20.2 Å². The Kier molecular flexibility index (Phi) is 3.28. The van der Waals surface area contributed by atoms with Gasteiger partial charge in [0, 0.05) is 11.8 Å². The molecule has 1 atom stereocenters. The van der Waals surface area contributed by atoms with Crippen LogP contribution in [0.3, 0.4) is 0 Å². The van der Waals surface area contributed by atoms with E-state index in [0.717, 1.165) is 34.4 Å². The van der Waals surface area contributed by atoms with Gasteiger partial charge in [-0.3, -0.25) is 5.10 Å². The van der Waals surface area contributed by atoms with Crippen molar-refractivity contribution in [2.24, 2.45) is 11.7 Å². The first-order valence-corrected chi connectivity index (χ1v) is 6.88. The van der Waals surface area contributed by atoms with Gasteiger partial charge in [-0.2, -0.15) is 5.10 Å². The molecule has 0 aliphatic heterocycles. The van der Waals surface area contributed by atoms with Crippen molar-refractivity contribution in [1.29, 1.82) is 0 Å². The Morgan fingerprint density at radius 1 is 1.25 bits per heavy atom. The Morgan fingerprint density at radius 3 is 2.80 bits per heavy atom. The third kappa shape index (κ3) is 2.44. The molecule has 3 aromatic rings. The molecule has 5 nitrogen and oxygen atoms in total. The number of nitrogens with two attached hydrogens (primary N) is 1. The second-order valence-electron chi connectivity index (χ2n) is 5.58. The molecule has 0 saturated carbocycles. The first-order chi connectivity index (χ1) is 9.63. The van der Waals surface area contributed by atoms with Gasteiger partial charge in [-0.15, -0.1) is 0 Å². The van der Waals surface area contributed by atoms with Crippen LogP contribution in [0, 0.1) is 5.92 Å². The van der Waals surface area contributed by atoms with E-state index in [9.17, 15) is 0 Å². The van der Waals surface area contributed by atoms with Crippen molar-refractivity contribution < 1.29 is 0 Å². The van der Waals surface area contributed by atoms with Crippen molar-refractivity contribution in [2.45, 2.75) is 26.3 Å². The van der Waals surface area contributed by atoms with Crippen LogP contribution in [0.5, 0.6) is 0 Å². The van der Waals surface area contributed by atoms with Crippen LogP contribution in [0.2, 0.25) is 0 Å². The number of aromatic amines is 2. The molecule has 0 aliphatic carbocycles. The number of nitrogens with one attached hydrogen (secondary N) is 2. The monoisotopic (exact) mass is 269 g/mol. The molecule has 0 unspecified atom stereocenters. The van der Waals surface area contributed by atoms with E-state index in [2.05, 4.69) is 40.1 Å². The quantitative estimate of drug-likeness (QED) is 0.680. The summed E-state index contributed by atoms with van der Waals surface area (Å²) in [5.41, 5.74) is 10.3. The SMILES string of the molecule is CC(C)C[C@@H](N)c1nc2ccc(-c3cn[nH]c3)cc2[nH]1. The molecule has 5 heteroatoms. The van der Waals surface area contributed by atoms with E-state index < -0.39 is 0 Å². The van der Waals surface area contributed by atoms with E-state index in [0.29, 0.717) is 5.92 Å². The van der Waals surface area contributed by atoms with Gasteiger partial charge in [0.15, 0.2) is 0 Å². The van der Waals surface area contributed by atoms with E-state index in [4.69, 9.17) is 5.73 Å². The first kappa shape index (κ1) is 12.9. The van der Waals surface area contributed by atoms with E-state index in [1.165, 1.54) is 0 Å². The van der Waals surface area contributed by atoms with Crippen LogP contribution in [0.4, 0.5) is 0 Å². The van der Waals surface area contributed by atoms with Gasteiger partial charge < -0.3 is 10.7 Å². The summed E-state index contributed by atoms with van der Waals surface area (Å²) >= 11 is 0. The molecule has 0 amide bonds. The fourth-order valence-electron chi connectivity index (χ4n) is 2.41. The number of fused-ring (bicyclic) bond motifs is 1. The van der Waals surface area contributed by atoms with Gasteiger partial charge in [0.2, 0.25) is 0 Å². The number of H-pyrrole nitrogens is 2. The summed E-state index contributed by atoms with van der Waals surface area (Å²) in [6.45, 7) is 4.33. The maximum Gasteiger partial charge on any atom is 0.124 e. The van der Waals surface area contributed by atoms with Crippen LogP contribution in [-0.2, 0) is 0 Å². The standard InChI is InChI=1S/C15H19N5/c1-9(2)5-12(16)15-19-13-4-3-10(6-14(13)20-15)11-7-17-18-8-11/h3-4,6-9,12H,5,16H2,1-2H3,(H,17,18)(H,19,20)/t12-/m1/s1. The highest BCUT2D eigenvalue weighted by Gasteiger charge is 2.13.